The molecule has 2 aromatic carbocycles. The van der Waals surface area contributed by atoms with Crippen LogP contribution in [0.15, 0.2) is 41.3 Å². The largest absolute Gasteiger partial charge is 0.367 e. The molecule has 1 fully saturated rings. The van der Waals surface area contributed by atoms with E-state index in [0.717, 1.165) is 0 Å². The van der Waals surface area contributed by atoms with E-state index in [1.54, 1.807) is 17.0 Å². The molecule has 2 aromatic rings. The average molecular weight is 431 g/mol. The van der Waals surface area contributed by atoms with Crippen molar-refractivity contribution >= 4 is 44.7 Å². The van der Waals surface area contributed by atoms with Crippen LogP contribution in [-0.4, -0.2) is 44.7 Å². The Balaban J connectivity index is 1.76. The highest BCUT2D eigenvalue weighted by atomic mass is 35.5. The Morgan fingerprint density at radius 1 is 1.00 bits per heavy atom. The lowest BCUT2D eigenvalue weighted by molar-refractivity contribution is 0.101. The summed E-state index contributed by atoms with van der Waals surface area (Å²) in [6, 6.07) is 8.50. The number of hydrogen-bond donors (Lipinski definition) is 0. The van der Waals surface area contributed by atoms with Gasteiger partial charge in [-0.05, 0) is 43.3 Å². The van der Waals surface area contributed by atoms with Crippen LogP contribution in [0.25, 0.3) is 0 Å². The van der Waals surface area contributed by atoms with Gasteiger partial charge in [-0.15, -0.1) is 0 Å². The number of rotatable bonds is 4. The molecular weight excluding hydrogens is 414 g/mol. The van der Waals surface area contributed by atoms with Gasteiger partial charge in [-0.3, -0.25) is 4.79 Å². The third kappa shape index (κ3) is 4.27. The van der Waals surface area contributed by atoms with Gasteiger partial charge >= 0.3 is 0 Å². The second-order valence-corrected chi connectivity index (χ2v) is 9.03. The van der Waals surface area contributed by atoms with Gasteiger partial charge in [0, 0.05) is 41.8 Å². The monoisotopic (exact) mass is 430 g/mol. The summed E-state index contributed by atoms with van der Waals surface area (Å²) in [7, 11) is -3.74. The van der Waals surface area contributed by atoms with Gasteiger partial charge < -0.3 is 4.90 Å². The number of anilines is 1. The van der Waals surface area contributed by atoms with Crippen LogP contribution in [0, 0.1) is 5.82 Å². The molecule has 5 nitrogen and oxygen atoms in total. The van der Waals surface area contributed by atoms with Gasteiger partial charge in [0.25, 0.3) is 0 Å². The first kappa shape index (κ1) is 20.1. The van der Waals surface area contributed by atoms with E-state index in [-0.39, 0.29) is 33.8 Å². The lowest BCUT2D eigenvalue weighted by Gasteiger charge is -2.35. The van der Waals surface area contributed by atoms with E-state index in [0.29, 0.717) is 24.3 Å². The van der Waals surface area contributed by atoms with Gasteiger partial charge in [0.1, 0.15) is 5.82 Å². The molecule has 0 saturated carbocycles. The third-order valence-corrected chi connectivity index (χ3v) is 6.72. The Kier molecular flexibility index (Phi) is 5.76. The van der Waals surface area contributed by atoms with Crippen LogP contribution >= 0.6 is 23.2 Å². The Bertz CT molecular complexity index is 970. The number of hydrogen-bond acceptors (Lipinski definition) is 4. The van der Waals surface area contributed by atoms with Crippen LogP contribution in [0.4, 0.5) is 10.1 Å². The van der Waals surface area contributed by atoms with Gasteiger partial charge in [-0.1, -0.05) is 23.2 Å². The van der Waals surface area contributed by atoms with Gasteiger partial charge in [-0.25, -0.2) is 12.8 Å². The molecule has 0 atom stereocenters. The summed E-state index contributed by atoms with van der Waals surface area (Å²) in [5.74, 6) is -0.711. The van der Waals surface area contributed by atoms with Crippen molar-refractivity contribution in [1.82, 2.24) is 4.31 Å². The summed E-state index contributed by atoms with van der Waals surface area (Å²) in [6.07, 6.45) is 0. The molecule has 1 saturated heterocycles. The number of halogens is 3. The van der Waals surface area contributed by atoms with E-state index in [1.807, 2.05) is 0 Å². The van der Waals surface area contributed by atoms with Crippen LogP contribution in [-0.2, 0) is 10.0 Å². The molecule has 0 spiro atoms. The molecule has 9 heteroatoms. The SMILES string of the molecule is CC(=O)c1ccc(N2CCN(S(=O)(=O)c3cc(Cl)cc(Cl)c3)CC2)c(F)c1. The van der Waals surface area contributed by atoms with Crippen LogP contribution in [0.2, 0.25) is 10.0 Å². The predicted molar refractivity (Wildman–Crippen MR) is 104 cm³/mol. The fraction of sp³-hybridized carbons (Fsp3) is 0.278. The standard InChI is InChI=1S/C18H17Cl2FN2O3S/c1-12(24)13-2-3-18(17(21)8-13)22-4-6-23(7-5-22)27(25,26)16-10-14(19)9-15(20)11-16/h2-3,8-11H,4-7H2,1H3. The Hall–Kier alpha value is -1.67. The highest BCUT2D eigenvalue weighted by molar-refractivity contribution is 7.89. The summed E-state index contributed by atoms with van der Waals surface area (Å²) >= 11 is 11.8. The highest BCUT2D eigenvalue weighted by Crippen LogP contribution is 2.27. The molecule has 0 amide bonds. The molecule has 0 N–H and O–H groups in total. The number of carbonyl (C=O) groups excluding carboxylic acids is 1. The van der Waals surface area contributed by atoms with E-state index >= 15 is 0 Å². The molecule has 0 unspecified atom stereocenters. The molecule has 0 radical (unpaired) electrons. The number of benzene rings is 2. The average Bonchev–Trinajstić information content (AvgIpc) is 2.61. The van der Waals surface area contributed by atoms with Gasteiger partial charge in [0.15, 0.2) is 5.78 Å². The normalized spacial score (nSPS) is 15.8. The Morgan fingerprint density at radius 3 is 2.11 bits per heavy atom. The van der Waals surface area contributed by atoms with Crippen LogP contribution in [0.1, 0.15) is 17.3 Å². The number of sulfonamides is 1. The minimum atomic E-state index is -3.74. The van der Waals surface area contributed by atoms with Crippen molar-refractivity contribution in [3.8, 4) is 0 Å². The van der Waals surface area contributed by atoms with E-state index < -0.39 is 15.8 Å². The van der Waals surface area contributed by atoms with Gasteiger partial charge in [0.05, 0.1) is 10.6 Å². The van der Waals surface area contributed by atoms with Crippen molar-refractivity contribution in [3.63, 3.8) is 0 Å². The predicted octanol–water partition coefficient (Wildman–Crippen LogP) is 3.85. The summed E-state index contributed by atoms with van der Waals surface area (Å²) in [5.41, 5.74) is 0.651. The first-order chi connectivity index (χ1) is 12.7. The molecule has 1 aliphatic heterocycles. The highest BCUT2D eigenvalue weighted by Gasteiger charge is 2.29. The molecule has 3 rings (SSSR count). The number of ketones is 1. The quantitative estimate of drug-likeness (QED) is 0.691. The Labute approximate surface area is 167 Å². The van der Waals surface area contributed by atoms with E-state index in [1.165, 1.54) is 35.5 Å². The number of Topliss-reactive ketones (excluding diaryl/α,β-unsaturated/α-hetero) is 1. The molecular formula is C18H17Cl2FN2O3S. The van der Waals surface area contributed by atoms with Crippen molar-refractivity contribution in [2.45, 2.75) is 11.8 Å². The number of carbonyl (C=O) groups is 1. The van der Waals surface area contributed by atoms with Crippen molar-refractivity contribution in [2.75, 3.05) is 31.1 Å². The lowest BCUT2D eigenvalue weighted by Crippen LogP contribution is -2.48. The molecule has 0 aliphatic carbocycles. The molecule has 1 aliphatic rings. The maximum absolute atomic E-state index is 14.3. The van der Waals surface area contributed by atoms with Crippen LogP contribution in [0.3, 0.4) is 0 Å². The van der Waals surface area contributed by atoms with E-state index in [2.05, 4.69) is 0 Å². The zero-order chi connectivity index (χ0) is 19.8. The van der Waals surface area contributed by atoms with Crippen molar-refractivity contribution in [2.24, 2.45) is 0 Å². The van der Waals surface area contributed by atoms with E-state index in [9.17, 15) is 17.6 Å². The fourth-order valence-electron chi connectivity index (χ4n) is 2.98. The maximum atomic E-state index is 14.3. The van der Waals surface area contributed by atoms with Gasteiger partial charge in [-0.2, -0.15) is 4.31 Å². The first-order valence-corrected chi connectivity index (χ1v) is 10.4. The molecule has 27 heavy (non-hydrogen) atoms. The number of piperazine rings is 1. The van der Waals surface area contributed by atoms with Crippen molar-refractivity contribution in [1.29, 1.82) is 0 Å². The number of nitrogens with zero attached hydrogens (tertiary/aromatic N) is 2. The zero-order valence-corrected chi connectivity index (χ0v) is 16.8. The minimum absolute atomic E-state index is 0.0328. The van der Waals surface area contributed by atoms with Gasteiger partial charge in [0.2, 0.25) is 10.0 Å². The fourth-order valence-corrected chi connectivity index (χ4v) is 5.13. The maximum Gasteiger partial charge on any atom is 0.243 e. The Morgan fingerprint density at radius 2 is 1.59 bits per heavy atom. The molecule has 1 heterocycles. The minimum Gasteiger partial charge on any atom is -0.367 e. The second kappa shape index (κ2) is 7.75. The first-order valence-electron chi connectivity index (χ1n) is 8.20. The zero-order valence-electron chi connectivity index (χ0n) is 14.5. The smallest absolute Gasteiger partial charge is 0.243 e. The van der Waals surface area contributed by atoms with Crippen molar-refractivity contribution < 1.29 is 17.6 Å². The summed E-state index contributed by atoms with van der Waals surface area (Å²) in [5, 5.41) is 0.486. The van der Waals surface area contributed by atoms with Crippen LogP contribution < -0.4 is 4.90 Å². The van der Waals surface area contributed by atoms with Crippen molar-refractivity contribution in [3.05, 3.63) is 57.8 Å². The molecule has 0 bridgehead atoms. The third-order valence-electron chi connectivity index (χ3n) is 4.41. The topological polar surface area (TPSA) is 57.7 Å². The lowest BCUT2D eigenvalue weighted by atomic mass is 10.1. The summed E-state index contributed by atoms with van der Waals surface area (Å²) < 4.78 is 41.3. The molecule has 0 aromatic heterocycles. The summed E-state index contributed by atoms with van der Waals surface area (Å²) in [4.78, 5) is 13.1. The summed E-state index contributed by atoms with van der Waals surface area (Å²) in [6.45, 7) is 2.41. The van der Waals surface area contributed by atoms with Crippen LogP contribution in [0.5, 0.6) is 0 Å². The molecule has 144 valence electrons. The van der Waals surface area contributed by atoms with E-state index in [4.69, 9.17) is 23.2 Å². The second-order valence-electron chi connectivity index (χ2n) is 6.22.